The highest BCUT2D eigenvalue weighted by atomic mass is 32.2. The van der Waals surface area contributed by atoms with Crippen LogP contribution in [0.1, 0.15) is 21.6 Å². The summed E-state index contributed by atoms with van der Waals surface area (Å²) < 4.78 is 2.04. The first-order valence-electron chi connectivity index (χ1n) is 11.0. The van der Waals surface area contributed by atoms with Crippen LogP contribution >= 0.6 is 11.8 Å². The van der Waals surface area contributed by atoms with E-state index < -0.39 is 0 Å². The molecule has 0 bridgehead atoms. The van der Waals surface area contributed by atoms with Gasteiger partial charge in [0.2, 0.25) is 0 Å². The summed E-state index contributed by atoms with van der Waals surface area (Å²) in [6.07, 6.45) is 4.08. The summed E-state index contributed by atoms with van der Waals surface area (Å²) in [7, 11) is 0. The van der Waals surface area contributed by atoms with Crippen LogP contribution < -0.4 is 0 Å². The van der Waals surface area contributed by atoms with Crippen molar-refractivity contribution in [2.45, 2.75) is 17.2 Å². The van der Waals surface area contributed by atoms with Gasteiger partial charge in [-0.15, -0.1) is 11.8 Å². The number of carbonyl (C=O) groups is 1. The number of hydrogen-bond donors (Lipinski definition) is 0. The number of pyridine rings is 1. The predicted molar refractivity (Wildman–Crippen MR) is 129 cm³/mol. The van der Waals surface area contributed by atoms with Crippen LogP contribution in [0.25, 0.3) is 5.65 Å². The van der Waals surface area contributed by atoms with Gasteiger partial charge in [0, 0.05) is 61.3 Å². The molecule has 0 saturated carbocycles. The van der Waals surface area contributed by atoms with E-state index in [9.17, 15) is 4.79 Å². The topological polar surface area (TPSA) is 40.9 Å². The van der Waals surface area contributed by atoms with E-state index in [0.29, 0.717) is 0 Å². The third kappa shape index (κ3) is 4.87. The van der Waals surface area contributed by atoms with Gasteiger partial charge in [0.05, 0.1) is 5.69 Å². The molecule has 1 saturated heterocycles. The third-order valence-electron chi connectivity index (χ3n) is 5.81. The number of imidazole rings is 1. The van der Waals surface area contributed by atoms with Gasteiger partial charge >= 0.3 is 0 Å². The first-order chi connectivity index (χ1) is 15.7. The van der Waals surface area contributed by atoms with Gasteiger partial charge in [-0.05, 0) is 42.0 Å². The Kier molecular flexibility index (Phi) is 6.23. The number of nitrogens with zero attached hydrogens (tertiary/aromatic N) is 4. The lowest BCUT2D eigenvalue weighted by Crippen LogP contribution is -2.48. The molecular weight excluding hydrogens is 416 g/mol. The van der Waals surface area contributed by atoms with Crippen molar-refractivity contribution < 1.29 is 4.79 Å². The summed E-state index contributed by atoms with van der Waals surface area (Å²) in [6.45, 7) is 4.31. The number of aromatic nitrogens is 2. The Bertz CT molecular complexity index is 1150. The Morgan fingerprint density at radius 3 is 2.38 bits per heavy atom. The molecule has 0 unspecified atom stereocenters. The molecule has 1 aliphatic rings. The van der Waals surface area contributed by atoms with Crippen LogP contribution in [-0.4, -0.2) is 51.3 Å². The lowest BCUT2D eigenvalue weighted by molar-refractivity contribution is 0.0628. The number of fused-ring (bicyclic) bond motifs is 1. The minimum Gasteiger partial charge on any atom is -0.336 e. The molecule has 0 N–H and O–H groups in total. The Labute approximate surface area is 192 Å². The zero-order valence-corrected chi connectivity index (χ0v) is 18.7. The van der Waals surface area contributed by atoms with Gasteiger partial charge in [-0.3, -0.25) is 9.69 Å². The molecule has 0 atom stereocenters. The SMILES string of the molecule is O=C(c1ccc(SCc2cn3ccccc3n2)cc1)N1CCN(Cc2ccccc2)CC1. The number of thioether (sulfide) groups is 1. The molecule has 1 amide bonds. The molecular formula is C26H26N4OS. The monoisotopic (exact) mass is 442 g/mol. The molecule has 0 spiro atoms. The maximum absolute atomic E-state index is 12.9. The fourth-order valence-corrected chi connectivity index (χ4v) is 4.82. The van der Waals surface area contributed by atoms with Crippen molar-refractivity contribution in [2.24, 2.45) is 0 Å². The van der Waals surface area contributed by atoms with Crippen LogP contribution in [0.4, 0.5) is 0 Å². The zero-order valence-electron chi connectivity index (χ0n) is 17.9. The number of piperazine rings is 1. The Balaban J connectivity index is 1.13. The van der Waals surface area contributed by atoms with Crippen molar-refractivity contribution in [2.75, 3.05) is 26.2 Å². The summed E-state index contributed by atoms with van der Waals surface area (Å²) in [6, 6.07) is 24.5. The van der Waals surface area contributed by atoms with Crippen molar-refractivity contribution in [3.05, 3.63) is 102 Å². The summed E-state index contributed by atoms with van der Waals surface area (Å²) in [5.41, 5.74) is 4.10. The molecule has 162 valence electrons. The van der Waals surface area contributed by atoms with E-state index in [1.54, 1.807) is 11.8 Å². The van der Waals surface area contributed by atoms with Gasteiger partial charge in [-0.25, -0.2) is 4.98 Å². The first kappa shape index (κ1) is 20.8. The van der Waals surface area contributed by atoms with Gasteiger partial charge in [0.1, 0.15) is 5.65 Å². The quantitative estimate of drug-likeness (QED) is 0.410. The zero-order chi connectivity index (χ0) is 21.8. The molecule has 2 aromatic carbocycles. The van der Waals surface area contributed by atoms with Gasteiger partial charge in [0.15, 0.2) is 0 Å². The molecule has 1 aliphatic heterocycles. The van der Waals surface area contributed by atoms with Crippen LogP contribution in [0.15, 0.2) is 90.1 Å². The second-order valence-electron chi connectivity index (χ2n) is 8.07. The second kappa shape index (κ2) is 9.59. The first-order valence-corrected chi connectivity index (χ1v) is 11.9. The van der Waals surface area contributed by atoms with Crippen LogP contribution in [0.3, 0.4) is 0 Å². The van der Waals surface area contributed by atoms with Crippen LogP contribution in [0.2, 0.25) is 0 Å². The molecule has 5 nitrogen and oxygen atoms in total. The number of amides is 1. The van der Waals surface area contributed by atoms with E-state index in [0.717, 1.165) is 60.3 Å². The Morgan fingerprint density at radius 1 is 0.875 bits per heavy atom. The van der Waals surface area contributed by atoms with Crippen LogP contribution in [0.5, 0.6) is 0 Å². The van der Waals surface area contributed by atoms with Crippen molar-refractivity contribution in [3.63, 3.8) is 0 Å². The Morgan fingerprint density at radius 2 is 1.62 bits per heavy atom. The van der Waals surface area contributed by atoms with Crippen LogP contribution in [0, 0.1) is 0 Å². The van der Waals surface area contributed by atoms with Gasteiger partial charge < -0.3 is 9.30 Å². The highest BCUT2D eigenvalue weighted by Gasteiger charge is 2.22. The van der Waals surface area contributed by atoms with Crippen LogP contribution in [-0.2, 0) is 12.3 Å². The summed E-state index contributed by atoms with van der Waals surface area (Å²) >= 11 is 1.74. The van der Waals surface area contributed by atoms with Crippen molar-refractivity contribution in [1.82, 2.24) is 19.2 Å². The molecule has 6 heteroatoms. The molecule has 0 aliphatic carbocycles. The highest BCUT2D eigenvalue weighted by Crippen LogP contribution is 2.23. The molecule has 32 heavy (non-hydrogen) atoms. The molecule has 1 fully saturated rings. The average Bonchev–Trinajstić information content (AvgIpc) is 3.27. The normalized spacial score (nSPS) is 14.7. The molecule has 5 rings (SSSR count). The van der Waals surface area contributed by atoms with E-state index >= 15 is 0 Å². The van der Waals surface area contributed by atoms with E-state index in [4.69, 9.17) is 0 Å². The minimum atomic E-state index is 0.126. The predicted octanol–water partition coefficient (Wildman–Crippen LogP) is 4.58. The molecule has 4 aromatic rings. The van der Waals surface area contributed by atoms with E-state index in [1.807, 2.05) is 64.0 Å². The van der Waals surface area contributed by atoms with Gasteiger partial charge in [-0.2, -0.15) is 0 Å². The van der Waals surface area contributed by atoms with E-state index in [2.05, 4.69) is 40.3 Å². The summed E-state index contributed by atoms with van der Waals surface area (Å²) in [4.78, 5) is 23.1. The smallest absolute Gasteiger partial charge is 0.253 e. The molecule has 3 heterocycles. The summed E-state index contributed by atoms with van der Waals surface area (Å²) in [5.74, 6) is 0.930. The lowest BCUT2D eigenvalue weighted by atomic mass is 10.1. The second-order valence-corrected chi connectivity index (χ2v) is 9.11. The average molecular weight is 443 g/mol. The highest BCUT2D eigenvalue weighted by molar-refractivity contribution is 7.98. The van der Waals surface area contributed by atoms with Gasteiger partial charge in [0.25, 0.3) is 5.91 Å². The van der Waals surface area contributed by atoms with E-state index in [-0.39, 0.29) is 5.91 Å². The number of hydrogen-bond acceptors (Lipinski definition) is 4. The summed E-state index contributed by atoms with van der Waals surface area (Å²) in [5, 5.41) is 0. The van der Waals surface area contributed by atoms with Gasteiger partial charge in [-0.1, -0.05) is 36.4 Å². The van der Waals surface area contributed by atoms with Crippen molar-refractivity contribution in [1.29, 1.82) is 0 Å². The number of carbonyl (C=O) groups excluding carboxylic acids is 1. The lowest BCUT2D eigenvalue weighted by Gasteiger charge is -2.34. The fraction of sp³-hybridized carbons (Fsp3) is 0.231. The van der Waals surface area contributed by atoms with E-state index in [1.165, 1.54) is 5.56 Å². The largest absolute Gasteiger partial charge is 0.336 e. The number of rotatable bonds is 6. The maximum Gasteiger partial charge on any atom is 0.253 e. The molecule has 0 radical (unpaired) electrons. The maximum atomic E-state index is 12.9. The third-order valence-corrected chi connectivity index (χ3v) is 6.86. The fourth-order valence-electron chi connectivity index (χ4n) is 4.04. The standard InChI is InChI=1S/C26H26N4OS/c31-26(29-16-14-28(15-17-29)18-21-6-2-1-3-7-21)22-9-11-24(12-10-22)32-20-23-19-30-13-5-4-8-25(30)27-23/h1-13,19H,14-18,20H2. The minimum absolute atomic E-state index is 0.126. The Hall–Kier alpha value is -3.09. The van der Waals surface area contributed by atoms with Crippen molar-refractivity contribution in [3.8, 4) is 0 Å². The molecule has 2 aromatic heterocycles. The number of benzene rings is 2. The van der Waals surface area contributed by atoms with Crippen molar-refractivity contribution >= 4 is 23.3 Å².